The molecule has 0 amide bonds. The first-order chi connectivity index (χ1) is 7.56. The molecule has 0 aromatic carbocycles. The average Bonchev–Trinajstić information content (AvgIpc) is 2.25. The average molecular weight is 244 g/mol. The number of nitrogens with one attached hydrogen (secondary N) is 1. The maximum absolute atomic E-state index is 5.89. The monoisotopic (exact) mass is 243 g/mol. The number of hydrogen-bond acceptors (Lipinski definition) is 4. The third-order valence-corrected chi connectivity index (χ3v) is 2.96. The molecule has 1 unspecified atom stereocenters. The summed E-state index contributed by atoms with van der Waals surface area (Å²) in [5.74, 6) is 2.32. The second kappa shape index (κ2) is 5.89. The Hall–Kier alpha value is -1.03. The van der Waals surface area contributed by atoms with Crippen molar-refractivity contribution in [3.8, 4) is 5.75 Å². The van der Waals surface area contributed by atoms with Crippen LogP contribution in [0.5, 0.6) is 5.75 Å². The molecule has 1 aromatic heterocycles. The van der Waals surface area contributed by atoms with Crippen molar-refractivity contribution < 1.29 is 4.74 Å². The third kappa shape index (κ3) is 3.23. The molecule has 1 aromatic rings. The molecule has 0 spiro atoms. The van der Waals surface area contributed by atoms with Crippen LogP contribution >= 0.6 is 11.6 Å². The first kappa shape index (κ1) is 13.0. The van der Waals surface area contributed by atoms with Crippen LogP contribution < -0.4 is 10.1 Å². The fourth-order valence-corrected chi connectivity index (χ4v) is 1.36. The molecule has 90 valence electrons. The summed E-state index contributed by atoms with van der Waals surface area (Å²) in [5.41, 5.74) is 0. The number of hydrogen-bond donors (Lipinski definition) is 1. The summed E-state index contributed by atoms with van der Waals surface area (Å²) in [6.07, 6.45) is 1.42. The van der Waals surface area contributed by atoms with Gasteiger partial charge in [-0.05, 0) is 11.8 Å². The highest BCUT2D eigenvalue weighted by molar-refractivity contribution is 6.31. The van der Waals surface area contributed by atoms with E-state index in [2.05, 4.69) is 36.1 Å². The fraction of sp³-hybridized carbons (Fsp3) is 0.636. The molecule has 1 heterocycles. The van der Waals surface area contributed by atoms with E-state index in [1.165, 1.54) is 6.33 Å². The van der Waals surface area contributed by atoms with Crippen molar-refractivity contribution in [2.24, 2.45) is 11.8 Å². The Morgan fingerprint density at radius 2 is 2.06 bits per heavy atom. The van der Waals surface area contributed by atoms with Gasteiger partial charge in [0.05, 0.1) is 7.11 Å². The quantitative estimate of drug-likeness (QED) is 0.808. The van der Waals surface area contributed by atoms with Crippen molar-refractivity contribution in [3.05, 3.63) is 11.5 Å². The number of nitrogens with zero attached hydrogens (tertiary/aromatic N) is 2. The van der Waals surface area contributed by atoms with Gasteiger partial charge < -0.3 is 10.1 Å². The summed E-state index contributed by atoms with van der Waals surface area (Å²) in [4.78, 5) is 7.97. The fourth-order valence-electron chi connectivity index (χ4n) is 1.15. The van der Waals surface area contributed by atoms with E-state index in [0.29, 0.717) is 28.6 Å². The van der Waals surface area contributed by atoms with Crippen molar-refractivity contribution in [1.82, 2.24) is 9.97 Å². The molecule has 16 heavy (non-hydrogen) atoms. The molecule has 0 saturated carbocycles. The minimum absolute atomic E-state index is 0.331. The molecule has 0 bridgehead atoms. The van der Waals surface area contributed by atoms with Crippen LogP contribution in [0.15, 0.2) is 6.33 Å². The van der Waals surface area contributed by atoms with E-state index in [0.717, 1.165) is 6.54 Å². The Kier molecular flexibility index (Phi) is 4.80. The zero-order chi connectivity index (χ0) is 12.1. The highest BCUT2D eigenvalue weighted by Crippen LogP contribution is 2.28. The smallest absolute Gasteiger partial charge is 0.198 e. The molecule has 0 radical (unpaired) electrons. The Labute approximate surface area is 101 Å². The summed E-state index contributed by atoms with van der Waals surface area (Å²) < 4.78 is 5.15. The van der Waals surface area contributed by atoms with Crippen LogP contribution in [0.25, 0.3) is 0 Å². The maximum Gasteiger partial charge on any atom is 0.198 e. The summed E-state index contributed by atoms with van der Waals surface area (Å²) in [6.45, 7) is 7.40. The summed E-state index contributed by atoms with van der Waals surface area (Å²) in [5, 5.41) is 3.56. The number of aromatic nitrogens is 2. The minimum Gasteiger partial charge on any atom is -0.490 e. The van der Waals surface area contributed by atoms with Gasteiger partial charge in [-0.2, -0.15) is 0 Å². The third-order valence-electron chi connectivity index (χ3n) is 2.69. The number of anilines is 1. The van der Waals surface area contributed by atoms with Gasteiger partial charge in [-0.15, -0.1) is 0 Å². The Balaban J connectivity index is 2.70. The molecule has 0 aliphatic heterocycles. The Morgan fingerprint density at radius 1 is 1.38 bits per heavy atom. The van der Waals surface area contributed by atoms with Crippen LogP contribution in [0.3, 0.4) is 0 Å². The summed E-state index contributed by atoms with van der Waals surface area (Å²) in [7, 11) is 1.56. The van der Waals surface area contributed by atoms with E-state index in [9.17, 15) is 0 Å². The second-order valence-corrected chi connectivity index (χ2v) is 4.51. The van der Waals surface area contributed by atoms with Gasteiger partial charge >= 0.3 is 0 Å². The maximum atomic E-state index is 5.89. The van der Waals surface area contributed by atoms with Crippen LogP contribution in [-0.4, -0.2) is 23.6 Å². The molecule has 0 saturated heterocycles. The van der Waals surface area contributed by atoms with E-state index in [-0.39, 0.29) is 0 Å². The van der Waals surface area contributed by atoms with Crippen LogP contribution in [0.1, 0.15) is 20.8 Å². The second-order valence-electron chi connectivity index (χ2n) is 4.15. The van der Waals surface area contributed by atoms with Crippen molar-refractivity contribution in [3.63, 3.8) is 0 Å². The first-order valence-electron chi connectivity index (χ1n) is 5.34. The van der Waals surface area contributed by atoms with Crippen molar-refractivity contribution in [2.75, 3.05) is 19.0 Å². The van der Waals surface area contributed by atoms with Crippen LogP contribution in [0.2, 0.25) is 5.15 Å². The summed E-state index contributed by atoms with van der Waals surface area (Å²) >= 11 is 5.89. The minimum atomic E-state index is 0.331. The van der Waals surface area contributed by atoms with Crippen molar-refractivity contribution in [2.45, 2.75) is 20.8 Å². The van der Waals surface area contributed by atoms with Crippen molar-refractivity contribution >= 4 is 17.4 Å². The van der Waals surface area contributed by atoms with E-state index < -0.39 is 0 Å². The van der Waals surface area contributed by atoms with Gasteiger partial charge in [0.2, 0.25) is 0 Å². The van der Waals surface area contributed by atoms with Gasteiger partial charge in [0, 0.05) is 6.54 Å². The normalized spacial score (nSPS) is 12.6. The SMILES string of the molecule is COc1c(Cl)ncnc1NCC(C)C(C)C. The van der Waals surface area contributed by atoms with Gasteiger partial charge in [-0.3, -0.25) is 0 Å². The van der Waals surface area contributed by atoms with Crippen LogP contribution in [0, 0.1) is 11.8 Å². The van der Waals surface area contributed by atoms with E-state index in [1.807, 2.05) is 0 Å². The van der Waals surface area contributed by atoms with E-state index in [1.54, 1.807) is 7.11 Å². The largest absolute Gasteiger partial charge is 0.490 e. The zero-order valence-corrected chi connectivity index (χ0v) is 10.9. The topological polar surface area (TPSA) is 47.0 Å². The predicted molar refractivity (Wildman–Crippen MR) is 66.1 cm³/mol. The molecule has 5 heteroatoms. The lowest BCUT2D eigenvalue weighted by atomic mass is 9.98. The van der Waals surface area contributed by atoms with Crippen molar-refractivity contribution in [1.29, 1.82) is 0 Å². The molecular formula is C11H18ClN3O. The van der Waals surface area contributed by atoms with Gasteiger partial charge in [-0.25, -0.2) is 9.97 Å². The van der Waals surface area contributed by atoms with E-state index >= 15 is 0 Å². The van der Waals surface area contributed by atoms with Gasteiger partial charge in [-0.1, -0.05) is 32.4 Å². The van der Waals surface area contributed by atoms with Gasteiger partial charge in [0.15, 0.2) is 16.7 Å². The molecule has 1 atom stereocenters. The molecular weight excluding hydrogens is 226 g/mol. The molecule has 0 aliphatic carbocycles. The highest BCUT2D eigenvalue weighted by atomic mass is 35.5. The lowest BCUT2D eigenvalue weighted by Gasteiger charge is -2.17. The predicted octanol–water partition coefficient (Wildman–Crippen LogP) is 2.84. The lowest BCUT2D eigenvalue weighted by Crippen LogP contribution is -2.17. The summed E-state index contributed by atoms with van der Waals surface area (Å²) in [6, 6.07) is 0. The molecule has 4 nitrogen and oxygen atoms in total. The first-order valence-corrected chi connectivity index (χ1v) is 5.72. The molecule has 1 rings (SSSR count). The lowest BCUT2D eigenvalue weighted by molar-refractivity contribution is 0.409. The number of rotatable bonds is 5. The molecule has 0 fully saturated rings. The van der Waals surface area contributed by atoms with Gasteiger partial charge in [0.1, 0.15) is 6.33 Å². The zero-order valence-electron chi connectivity index (χ0n) is 10.1. The standard InChI is InChI=1S/C11H18ClN3O/c1-7(2)8(3)5-13-11-9(16-4)10(12)14-6-15-11/h6-8H,5H2,1-4H3,(H,13,14,15). The Bertz CT molecular complexity index is 344. The molecule has 1 N–H and O–H groups in total. The molecule has 0 aliphatic rings. The number of ether oxygens (including phenoxy) is 1. The van der Waals surface area contributed by atoms with E-state index in [4.69, 9.17) is 16.3 Å². The highest BCUT2D eigenvalue weighted by Gasteiger charge is 2.12. The number of halogens is 1. The van der Waals surface area contributed by atoms with Gasteiger partial charge in [0.25, 0.3) is 0 Å². The number of methoxy groups -OCH3 is 1. The van der Waals surface area contributed by atoms with Crippen LogP contribution in [0.4, 0.5) is 5.82 Å². The van der Waals surface area contributed by atoms with Crippen LogP contribution in [-0.2, 0) is 0 Å². The Morgan fingerprint density at radius 3 is 2.62 bits per heavy atom.